The quantitative estimate of drug-likeness (QED) is 0.717. The normalized spacial score (nSPS) is 32.8. The molecule has 0 aromatic carbocycles. The van der Waals surface area contributed by atoms with Crippen molar-refractivity contribution < 1.29 is 14.3 Å². The van der Waals surface area contributed by atoms with Gasteiger partial charge in [-0.25, -0.2) is 0 Å². The molecule has 4 aliphatic carbocycles. The van der Waals surface area contributed by atoms with Gasteiger partial charge in [0.25, 0.3) is 0 Å². The number of anilines is 2. The van der Waals surface area contributed by atoms with Crippen LogP contribution in [-0.2, 0) is 20.9 Å². The molecule has 0 aliphatic heterocycles. The van der Waals surface area contributed by atoms with Crippen LogP contribution in [0, 0.1) is 17.3 Å². The van der Waals surface area contributed by atoms with Crippen molar-refractivity contribution in [1.29, 1.82) is 0 Å². The Labute approximate surface area is 164 Å². The number of hydrogen-bond donors (Lipinski definition) is 2. The van der Waals surface area contributed by atoms with E-state index in [2.05, 4.69) is 20.3 Å². The number of amides is 1. The Morgan fingerprint density at radius 3 is 2.46 bits per heavy atom. The molecule has 1 amide bonds. The molecule has 0 spiro atoms. The van der Waals surface area contributed by atoms with Crippen molar-refractivity contribution in [2.24, 2.45) is 17.3 Å². The van der Waals surface area contributed by atoms with Crippen LogP contribution in [0.25, 0.3) is 0 Å². The van der Waals surface area contributed by atoms with E-state index >= 15 is 0 Å². The van der Waals surface area contributed by atoms with Gasteiger partial charge in [-0.1, -0.05) is 0 Å². The van der Waals surface area contributed by atoms with Gasteiger partial charge in [-0.05, 0) is 50.4 Å². The van der Waals surface area contributed by atoms with E-state index in [0.717, 1.165) is 32.1 Å². The third-order valence-electron chi connectivity index (χ3n) is 6.35. The molecule has 0 saturated heterocycles. The number of carbonyl (C=O) groups excluding carboxylic acids is 2. The third-order valence-corrected chi connectivity index (χ3v) is 6.35. The Morgan fingerprint density at radius 1 is 1.18 bits per heavy atom. The molecule has 9 heteroatoms. The number of esters is 1. The van der Waals surface area contributed by atoms with Crippen molar-refractivity contribution in [2.45, 2.75) is 57.6 Å². The summed E-state index contributed by atoms with van der Waals surface area (Å²) in [5.74, 6) is 1.57. The Balaban J connectivity index is 1.50. The van der Waals surface area contributed by atoms with Crippen LogP contribution in [0.1, 0.15) is 51.3 Å². The summed E-state index contributed by atoms with van der Waals surface area (Å²) in [6.45, 7) is 1.52. The number of rotatable bonds is 5. The fourth-order valence-electron chi connectivity index (χ4n) is 5.99. The molecule has 9 nitrogen and oxygen atoms in total. The summed E-state index contributed by atoms with van der Waals surface area (Å²) in [6, 6.07) is 0. The Kier molecular flexibility index (Phi) is 4.43. The second kappa shape index (κ2) is 6.56. The first-order valence-corrected chi connectivity index (χ1v) is 9.82. The highest BCUT2D eigenvalue weighted by molar-refractivity contribution is 5.79. The summed E-state index contributed by atoms with van der Waals surface area (Å²) < 4.78 is 5.67. The topological polar surface area (TPSA) is 123 Å². The third kappa shape index (κ3) is 3.38. The molecule has 0 radical (unpaired) electrons. The molecule has 1 aromatic heterocycles. The Bertz CT molecular complexity index is 797. The van der Waals surface area contributed by atoms with Crippen LogP contribution < -0.4 is 16.0 Å². The largest absolute Gasteiger partial charge is 0.457 e. The van der Waals surface area contributed by atoms with Crippen LogP contribution in [0.2, 0.25) is 0 Å². The van der Waals surface area contributed by atoms with Crippen molar-refractivity contribution in [3.8, 4) is 0 Å². The van der Waals surface area contributed by atoms with Gasteiger partial charge in [-0.3, -0.25) is 9.59 Å². The molecule has 2 unspecified atom stereocenters. The number of aromatic nitrogens is 3. The Hall–Kier alpha value is -2.45. The molecule has 4 saturated carbocycles. The maximum atomic E-state index is 13.2. The summed E-state index contributed by atoms with van der Waals surface area (Å²) in [4.78, 5) is 39.1. The van der Waals surface area contributed by atoms with E-state index < -0.39 is 5.41 Å². The van der Waals surface area contributed by atoms with Crippen molar-refractivity contribution in [1.82, 2.24) is 20.3 Å². The molecule has 5 rings (SSSR count). The number of nitrogen functional groups attached to an aromatic ring is 1. The molecule has 28 heavy (non-hydrogen) atoms. The number of carbonyl (C=O) groups is 2. The SMILES string of the molecule is CC(=O)NC12CC3CC(C1)CC(C(=O)OCc1nc(N)nc(N(C)C)n1)(C3)C2. The van der Waals surface area contributed by atoms with Crippen LogP contribution in [0.4, 0.5) is 11.9 Å². The second-order valence-corrected chi connectivity index (χ2v) is 9.08. The van der Waals surface area contributed by atoms with Gasteiger partial charge in [-0.2, -0.15) is 15.0 Å². The van der Waals surface area contributed by atoms with Crippen LogP contribution in [0.3, 0.4) is 0 Å². The lowest BCUT2D eigenvalue weighted by Crippen LogP contribution is -2.64. The van der Waals surface area contributed by atoms with Crippen LogP contribution >= 0.6 is 0 Å². The summed E-state index contributed by atoms with van der Waals surface area (Å²) in [6.07, 6.45) is 5.42. The zero-order valence-electron chi connectivity index (χ0n) is 16.7. The zero-order valence-corrected chi connectivity index (χ0v) is 16.7. The van der Waals surface area contributed by atoms with Crippen molar-refractivity contribution in [3.05, 3.63) is 5.82 Å². The van der Waals surface area contributed by atoms with Gasteiger partial charge in [0.1, 0.15) is 0 Å². The molecule has 4 aliphatic rings. The van der Waals surface area contributed by atoms with E-state index in [0.29, 0.717) is 30.0 Å². The van der Waals surface area contributed by atoms with E-state index in [1.54, 1.807) is 11.8 Å². The lowest BCUT2D eigenvalue weighted by Gasteiger charge is -2.60. The number of nitrogens with one attached hydrogen (secondary N) is 1. The molecular formula is C19H28N6O3. The minimum atomic E-state index is -0.518. The van der Waals surface area contributed by atoms with Gasteiger partial charge >= 0.3 is 5.97 Å². The standard InChI is InChI=1S/C19H28N6O3/c1-11(26)24-19-7-12-4-13(8-19)6-18(5-12,10-19)15(27)28-9-14-21-16(20)23-17(22-14)25(2)3/h12-13H,4-10H2,1-3H3,(H,24,26)(H2,20,21,22,23). The fraction of sp³-hybridized carbons (Fsp3) is 0.737. The summed E-state index contributed by atoms with van der Waals surface area (Å²) in [5, 5.41) is 3.17. The average molecular weight is 388 g/mol. The van der Waals surface area contributed by atoms with E-state index in [9.17, 15) is 9.59 Å². The molecule has 1 heterocycles. The lowest BCUT2D eigenvalue weighted by molar-refractivity contribution is -0.177. The fourth-order valence-corrected chi connectivity index (χ4v) is 5.99. The average Bonchev–Trinajstić information content (AvgIpc) is 2.56. The maximum absolute atomic E-state index is 13.2. The first kappa shape index (κ1) is 18.9. The lowest BCUT2D eigenvalue weighted by atomic mass is 9.47. The van der Waals surface area contributed by atoms with Gasteiger partial charge in [0.2, 0.25) is 17.8 Å². The summed E-state index contributed by atoms with van der Waals surface area (Å²) in [5.41, 5.74) is 4.97. The number of nitrogens with two attached hydrogens (primary N) is 1. The van der Waals surface area contributed by atoms with Crippen LogP contribution in [-0.4, -0.2) is 46.5 Å². The molecule has 2 atom stereocenters. The summed E-state index contributed by atoms with van der Waals surface area (Å²) in [7, 11) is 3.61. The summed E-state index contributed by atoms with van der Waals surface area (Å²) >= 11 is 0. The Morgan fingerprint density at radius 2 is 1.86 bits per heavy atom. The van der Waals surface area contributed by atoms with Crippen LogP contribution in [0.5, 0.6) is 0 Å². The van der Waals surface area contributed by atoms with Gasteiger partial charge < -0.3 is 20.7 Å². The molecular weight excluding hydrogens is 360 g/mol. The van der Waals surface area contributed by atoms with E-state index in [1.807, 2.05) is 14.1 Å². The minimum Gasteiger partial charge on any atom is -0.457 e. The molecule has 152 valence electrons. The van der Waals surface area contributed by atoms with E-state index in [-0.39, 0.29) is 30.0 Å². The highest BCUT2D eigenvalue weighted by Crippen LogP contribution is 2.62. The smallest absolute Gasteiger partial charge is 0.312 e. The van der Waals surface area contributed by atoms with Gasteiger partial charge in [0, 0.05) is 26.6 Å². The zero-order chi connectivity index (χ0) is 20.1. The minimum absolute atomic E-state index is 0.0256. The van der Waals surface area contributed by atoms with Gasteiger partial charge in [0.05, 0.1) is 5.41 Å². The monoisotopic (exact) mass is 388 g/mol. The highest BCUT2D eigenvalue weighted by atomic mass is 16.5. The van der Waals surface area contributed by atoms with Gasteiger partial charge in [0.15, 0.2) is 12.4 Å². The van der Waals surface area contributed by atoms with Gasteiger partial charge in [-0.15, -0.1) is 0 Å². The number of hydrogen-bond acceptors (Lipinski definition) is 8. The first-order chi connectivity index (χ1) is 13.2. The number of nitrogens with zero attached hydrogens (tertiary/aromatic N) is 4. The molecule has 4 fully saturated rings. The van der Waals surface area contributed by atoms with Crippen molar-refractivity contribution in [3.63, 3.8) is 0 Å². The molecule has 3 N–H and O–H groups in total. The second-order valence-electron chi connectivity index (χ2n) is 9.08. The number of ether oxygens (including phenoxy) is 1. The predicted molar refractivity (Wildman–Crippen MR) is 102 cm³/mol. The van der Waals surface area contributed by atoms with Crippen molar-refractivity contribution >= 4 is 23.8 Å². The van der Waals surface area contributed by atoms with Crippen molar-refractivity contribution in [2.75, 3.05) is 24.7 Å². The molecule has 4 bridgehead atoms. The highest BCUT2D eigenvalue weighted by Gasteiger charge is 2.61. The van der Waals surface area contributed by atoms with E-state index in [1.165, 1.54) is 0 Å². The van der Waals surface area contributed by atoms with Crippen LogP contribution in [0.15, 0.2) is 0 Å². The first-order valence-electron chi connectivity index (χ1n) is 9.82. The van der Waals surface area contributed by atoms with E-state index in [4.69, 9.17) is 10.5 Å². The maximum Gasteiger partial charge on any atom is 0.312 e. The molecule has 1 aromatic rings. The predicted octanol–water partition coefficient (Wildman–Crippen LogP) is 1.04.